The number of ether oxygens (including phenoxy) is 1. The predicted molar refractivity (Wildman–Crippen MR) is 194 cm³/mol. The Morgan fingerprint density at radius 1 is 0.939 bits per heavy atom. The first-order valence-electron chi connectivity index (χ1n) is 16.4. The fraction of sp³-hybridized carbons (Fsp3) is 0.237. The number of benzene rings is 3. The number of hydrogen-bond acceptors (Lipinski definition) is 9. The summed E-state index contributed by atoms with van der Waals surface area (Å²) in [6.45, 7) is 4.55. The van der Waals surface area contributed by atoms with Crippen LogP contribution in [-0.4, -0.2) is 43.0 Å². The molecule has 1 unspecified atom stereocenters. The van der Waals surface area contributed by atoms with Gasteiger partial charge in [0.1, 0.15) is 17.1 Å². The summed E-state index contributed by atoms with van der Waals surface area (Å²) in [6.07, 6.45) is 6.16. The number of hydrogen-bond donors (Lipinski definition) is 1. The van der Waals surface area contributed by atoms with Crippen LogP contribution in [0.4, 0.5) is 5.13 Å². The fourth-order valence-corrected chi connectivity index (χ4v) is 8.12. The molecule has 1 N–H and O–H groups in total. The summed E-state index contributed by atoms with van der Waals surface area (Å²) in [5.41, 5.74) is 3.26. The molecule has 7 rings (SSSR count). The number of nitrogens with zero attached hydrogens (tertiary/aromatic N) is 5. The van der Waals surface area contributed by atoms with Crippen LogP contribution in [-0.2, 0) is 15.3 Å². The highest BCUT2D eigenvalue weighted by Crippen LogP contribution is 2.45. The molecule has 1 saturated heterocycles. The molecular formula is C38H35N5O4S2. The van der Waals surface area contributed by atoms with Gasteiger partial charge in [0, 0.05) is 11.9 Å². The third-order valence-electron chi connectivity index (χ3n) is 8.67. The first-order chi connectivity index (χ1) is 23.9. The maximum Gasteiger partial charge on any atom is 0.301 e. The van der Waals surface area contributed by atoms with E-state index in [0.29, 0.717) is 45.0 Å². The Labute approximate surface area is 292 Å². The van der Waals surface area contributed by atoms with E-state index in [2.05, 4.69) is 46.4 Å². The topological polar surface area (TPSA) is 110 Å². The lowest BCUT2D eigenvalue weighted by Crippen LogP contribution is -2.29. The summed E-state index contributed by atoms with van der Waals surface area (Å²) in [5.74, 6) is -0.530. The van der Waals surface area contributed by atoms with Gasteiger partial charge >= 0.3 is 5.91 Å². The van der Waals surface area contributed by atoms with Gasteiger partial charge < -0.3 is 9.84 Å². The molecule has 3 aromatic carbocycles. The van der Waals surface area contributed by atoms with Gasteiger partial charge in [-0.1, -0.05) is 110 Å². The van der Waals surface area contributed by atoms with Gasteiger partial charge in [-0.3, -0.25) is 18.9 Å². The highest BCUT2D eigenvalue weighted by Gasteiger charge is 2.49. The van der Waals surface area contributed by atoms with E-state index in [1.165, 1.54) is 39.8 Å². The van der Waals surface area contributed by atoms with Gasteiger partial charge in [-0.25, -0.2) is 4.98 Å². The number of carbonyl (C=O) groups is 2. The second-order valence-corrected chi connectivity index (χ2v) is 14.1. The maximum absolute atomic E-state index is 13.9. The zero-order valence-electron chi connectivity index (χ0n) is 27.2. The van der Waals surface area contributed by atoms with E-state index < -0.39 is 17.7 Å². The molecule has 11 heteroatoms. The molecule has 248 valence electrons. The Bertz CT molecular complexity index is 2180. The van der Waals surface area contributed by atoms with Crippen LogP contribution in [0.15, 0.2) is 101 Å². The number of carbonyl (C=O) groups excluding carboxylic acids is 2. The van der Waals surface area contributed by atoms with E-state index in [4.69, 9.17) is 4.74 Å². The number of anilines is 1. The van der Waals surface area contributed by atoms with E-state index in [0.717, 1.165) is 30.2 Å². The van der Waals surface area contributed by atoms with Gasteiger partial charge in [0.25, 0.3) is 5.78 Å². The van der Waals surface area contributed by atoms with Crippen molar-refractivity contribution in [2.75, 3.05) is 11.5 Å². The van der Waals surface area contributed by atoms with E-state index in [9.17, 15) is 14.7 Å². The molecular weight excluding hydrogens is 655 g/mol. The summed E-state index contributed by atoms with van der Waals surface area (Å²) < 4.78 is 8.35. The van der Waals surface area contributed by atoms with Gasteiger partial charge in [-0.15, -0.1) is 10.2 Å². The average Bonchev–Trinajstić information content (AvgIpc) is 3.80. The largest absolute Gasteiger partial charge is 0.505 e. The first-order valence-corrected chi connectivity index (χ1v) is 18.2. The molecule has 1 aliphatic rings. The second-order valence-electron chi connectivity index (χ2n) is 11.9. The number of aliphatic hydroxyl groups is 1. The van der Waals surface area contributed by atoms with Crippen LogP contribution in [0.3, 0.4) is 0 Å². The van der Waals surface area contributed by atoms with Gasteiger partial charge in [-0.2, -0.15) is 0 Å². The molecule has 0 spiro atoms. The molecule has 9 nitrogen and oxygen atoms in total. The van der Waals surface area contributed by atoms with Crippen molar-refractivity contribution in [1.82, 2.24) is 19.6 Å². The van der Waals surface area contributed by atoms with Gasteiger partial charge in [-0.05, 0) is 59.5 Å². The van der Waals surface area contributed by atoms with Crippen LogP contribution in [0.1, 0.15) is 61.2 Å². The summed E-state index contributed by atoms with van der Waals surface area (Å²) in [5, 5.41) is 23.3. The van der Waals surface area contributed by atoms with Gasteiger partial charge in [0.15, 0.2) is 10.1 Å². The number of aliphatic hydroxyl groups excluding tert-OH is 1. The van der Waals surface area contributed by atoms with Gasteiger partial charge in [0.05, 0.1) is 23.9 Å². The maximum atomic E-state index is 13.9. The summed E-state index contributed by atoms with van der Waals surface area (Å²) >= 11 is 2.77. The molecule has 1 atom stereocenters. The number of rotatable bonds is 12. The molecule has 49 heavy (non-hydrogen) atoms. The Morgan fingerprint density at radius 2 is 1.73 bits per heavy atom. The Morgan fingerprint density at radius 3 is 2.57 bits per heavy atom. The van der Waals surface area contributed by atoms with Gasteiger partial charge in [0.2, 0.25) is 5.13 Å². The molecule has 0 bridgehead atoms. The smallest absolute Gasteiger partial charge is 0.301 e. The number of thioether (sulfide) groups is 1. The second kappa shape index (κ2) is 14.2. The number of aryl methyl sites for hydroxylation is 1. The van der Waals surface area contributed by atoms with Crippen LogP contribution in [0.5, 0.6) is 5.75 Å². The molecule has 1 fully saturated rings. The number of unbranched alkanes of at least 4 members (excludes halogenated alkanes) is 3. The normalized spacial score (nSPS) is 15.9. The summed E-state index contributed by atoms with van der Waals surface area (Å²) in [7, 11) is 0. The van der Waals surface area contributed by atoms with Crippen LogP contribution in [0.25, 0.3) is 22.2 Å². The van der Waals surface area contributed by atoms with Crippen molar-refractivity contribution < 1.29 is 19.4 Å². The molecule has 3 aromatic heterocycles. The van der Waals surface area contributed by atoms with E-state index in [-0.39, 0.29) is 16.5 Å². The molecule has 1 amide bonds. The van der Waals surface area contributed by atoms with Crippen molar-refractivity contribution >= 4 is 62.1 Å². The van der Waals surface area contributed by atoms with Crippen LogP contribution >= 0.6 is 23.1 Å². The lowest BCUT2D eigenvalue weighted by molar-refractivity contribution is -0.132. The summed E-state index contributed by atoms with van der Waals surface area (Å²) in [4.78, 5) is 33.7. The fourth-order valence-electron chi connectivity index (χ4n) is 6.25. The number of fused-ring (bicyclic) bond motifs is 2. The van der Waals surface area contributed by atoms with E-state index in [1.807, 2.05) is 60.7 Å². The monoisotopic (exact) mass is 689 g/mol. The standard InChI is InChI=1S/C38H35N5O4S2/c1-3-4-5-10-22-47-28-19-17-26(18-20-28)33-31(34(44)32-24(2)39-30-16-8-9-21-42(30)32)35(45)36(46)43(33)37-40-41-38(49-37)48-23-27-14-11-13-25-12-6-7-15-29(25)27/h6-9,11-21,33,44H,3-5,10,22-23H2,1-2H3/b34-31+. The SMILES string of the molecule is CCCCCCOc1ccc(C2/C(=C(\O)c3c(C)nc4ccccn34)C(=O)C(=O)N2c2nnc(SCc3cccc4ccccc34)s2)cc1. The Balaban J connectivity index is 1.24. The lowest BCUT2D eigenvalue weighted by atomic mass is 9.96. The Hall–Kier alpha value is -5.00. The molecule has 1 aliphatic heterocycles. The van der Waals surface area contributed by atoms with Crippen LogP contribution in [0, 0.1) is 6.92 Å². The molecule has 6 aromatic rings. The highest BCUT2D eigenvalue weighted by molar-refractivity contribution is 8.00. The van der Waals surface area contributed by atoms with E-state index >= 15 is 0 Å². The quantitative estimate of drug-likeness (QED) is 0.0340. The predicted octanol–water partition coefficient (Wildman–Crippen LogP) is 8.53. The minimum Gasteiger partial charge on any atom is -0.505 e. The van der Waals surface area contributed by atoms with Crippen molar-refractivity contribution in [3.8, 4) is 5.75 Å². The van der Waals surface area contributed by atoms with E-state index in [1.54, 1.807) is 17.5 Å². The number of amides is 1. The molecule has 0 saturated carbocycles. The Kier molecular flexibility index (Phi) is 9.45. The van der Waals surface area contributed by atoms with Crippen molar-refractivity contribution in [2.24, 2.45) is 0 Å². The third-order valence-corrected chi connectivity index (χ3v) is 10.8. The third kappa shape index (κ3) is 6.43. The van der Waals surface area contributed by atoms with Crippen molar-refractivity contribution in [3.63, 3.8) is 0 Å². The van der Waals surface area contributed by atoms with Crippen LogP contribution in [0.2, 0.25) is 0 Å². The molecule has 0 aliphatic carbocycles. The highest BCUT2D eigenvalue weighted by atomic mass is 32.2. The minimum atomic E-state index is -0.948. The number of aromatic nitrogens is 4. The lowest BCUT2D eigenvalue weighted by Gasteiger charge is -2.22. The first kappa shape index (κ1) is 32.5. The van der Waals surface area contributed by atoms with Crippen LogP contribution < -0.4 is 9.64 Å². The number of Topliss-reactive ketones (excluding diaryl/α,β-unsaturated/α-hetero) is 1. The van der Waals surface area contributed by atoms with Crippen molar-refractivity contribution in [1.29, 1.82) is 0 Å². The summed E-state index contributed by atoms with van der Waals surface area (Å²) in [6, 6.07) is 26.3. The average molecular weight is 690 g/mol. The number of pyridine rings is 1. The number of ketones is 1. The minimum absolute atomic E-state index is 0.0351. The zero-order chi connectivity index (χ0) is 33.9. The zero-order valence-corrected chi connectivity index (χ0v) is 28.8. The number of imidazole rings is 1. The molecule has 0 radical (unpaired) electrons. The van der Waals surface area contributed by atoms with Crippen molar-refractivity contribution in [2.45, 2.75) is 55.7 Å². The molecule has 4 heterocycles. The van der Waals surface area contributed by atoms with Crippen molar-refractivity contribution in [3.05, 3.63) is 119 Å².